The quantitative estimate of drug-likeness (QED) is 0.823. The number of dihydropyridines is 1. The fourth-order valence-corrected chi connectivity index (χ4v) is 4.29. The summed E-state index contributed by atoms with van der Waals surface area (Å²) in [6, 6.07) is 11.7. The van der Waals surface area contributed by atoms with Gasteiger partial charge in [0.1, 0.15) is 5.82 Å². The molecule has 0 saturated heterocycles. The van der Waals surface area contributed by atoms with Crippen LogP contribution in [-0.4, -0.2) is 16.7 Å². The van der Waals surface area contributed by atoms with Gasteiger partial charge in [0.05, 0.1) is 0 Å². The third kappa shape index (κ3) is 3.60. The van der Waals surface area contributed by atoms with Gasteiger partial charge in [-0.05, 0) is 62.4 Å². The van der Waals surface area contributed by atoms with Crippen LogP contribution in [-0.2, 0) is 9.59 Å². The second-order valence-corrected chi connectivity index (χ2v) is 7.79. The molecule has 1 aliphatic carbocycles. The van der Waals surface area contributed by atoms with Gasteiger partial charge in [0.2, 0.25) is 0 Å². The van der Waals surface area contributed by atoms with Crippen molar-refractivity contribution in [2.75, 3.05) is 5.32 Å². The van der Waals surface area contributed by atoms with Crippen LogP contribution in [0.4, 0.5) is 5.82 Å². The summed E-state index contributed by atoms with van der Waals surface area (Å²) in [7, 11) is 0. The van der Waals surface area contributed by atoms with E-state index in [1.165, 1.54) is 0 Å². The first-order valence-electron chi connectivity index (χ1n) is 9.99. The maximum atomic E-state index is 13.4. The number of benzene rings is 1. The van der Waals surface area contributed by atoms with Crippen molar-refractivity contribution in [3.8, 4) is 0 Å². The Morgan fingerprint density at radius 2 is 1.93 bits per heavy atom. The van der Waals surface area contributed by atoms with Crippen LogP contribution in [0.3, 0.4) is 0 Å². The number of anilines is 1. The van der Waals surface area contributed by atoms with E-state index in [0.717, 1.165) is 46.5 Å². The maximum absolute atomic E-state index is 13.4. The molecule has 5 heteroatoms. The molecular weight excluding hydrogens is 362 g/mol. The van der Waals surface area contributed by atoms with Crippen LogP contribution in [0.25, 0.3) is 0 Å². The van der Waals surface area contributed by atoms with E-state index in [1.54, 1.807) is 6.20 Å². The Bertz CT molecular complexity index is 1070. The third-order valence-electron chi connectivity index (χ3n) is 5.68. The summed E-state index contributed by atoms with van der Waals surface area (Å²) < 4.78 is 0. The van der Waals surface area contributed by atoms with Gasteiger partial charge in [0.25, 0.3) is 5.91 Å². The number of aromatic nitrogens is 1. The number of pyridine rings is 1. The molecule has 0 unspecified atom stereocenters. The van der Waals surface area contributed by atoms with Crippen molar-refractivity contribution in [3.05, 3.63) is 81.8 Å². The lowest BCUT2D eigenvalue weighted by Gasteiger charge is -2.35. The zero-order valence-electron chi connectivity index (χ0n) is 17.0. The van der Waals surface area contributed by atoms with Crippen LogP contribution in [0.1, 0.15) is 48.8 Å². The summed E-state index contributed by atoms with van der Waals surface area (Å²) >= 11 is 0. The Morgan fingerprint density at radius 3 is 2.69 bits per heavy atom. The Kier molecular flexibility index (Phi) is 5.05. The van der Waals surface area contributed by atoms with Gasteiger partial charge in [-0.25, -0.2) is 4.98 Å². The molecule has 2 aromatic rings. The lowest BCUT2D eigenvalue weighted by atomic mass is 9.74. The summed E-state index contributed by atoms with van der Waals surface area (Å²) in [4.78, 5) is 30.6. The SMILES string of the molecule is CC1=C(C(=O)Nc2cc(C)ccn2)[C@@H](c2ccccc2C)C2=C(CCCC2=O)N1. The molecule has 29 heavy (non-hydrogen) atoms. The van der Waals surface area contributed by atoms with Crippen LogP contribution < -0.4 is 10.6 Å². The minimum absolute atomic E-state index is 0.124. The largest absolute Gasteiger partial charge is 0.362 e. The maximum Gasteiger partial charge on any atom is 0.255 e. The fraction of sp³-hybridized carbons (Fsp3) is 0.292. The Labute approximate surface area is 170 Å². The van der Waals surface area contributed by atoms with E-state index in [2.05, 4.69) is 15.6 Å². The highest BCUT2D eigenvalue weighted by molar-refractivity contribution is 6.09. The number of hydrogen-bond donors (Lipinski definition) is 2. The van der Waals surface area contributed by atoms with Crippen LogP contribution in [0.15, 0.2) is 65.1 Å². The molecule has 148 valence electrons. The van der Waals surface area contributed by atoms with E-state index in [9.17, 15) is 9.59 Å². The highest BCUT2D eigenvalue weighted by atomic mass is 16.2. The van der Waals surface area contributed by atoms with E-state index in [0.29, 0.717) is 17.8 Å². The van der Waals surface area contributed by atoms with Crippen molar-refractivity contribution in [3.63, 3.8) is 0 Å². The summed E-state index contributed by atoms with van der Waals surface area (Å²) in [6.45, 7) is 5.89. The predicted molar refractivity (Wildman–Crippen MR) is 113 cm³/mol. The average Bonchev–Trinajstić information content (AvgIpc) is 2.67. The first kappa shape index (κ1) is 19.1. The van der Waals surface area contributed by atoms with Gasteiger partial charge in [-0.2, -0.15) is 0 Å². The molecule has 4 rings (SSSR count). The standard InChI is InChI=1S/C24H25N3O2/c1-14-11-12-25-20(13-14)27-24(29)21-16(3)26-18-9-6-10-19(28)23(18)22(21)17-8-5-4-7-15(17)2/h4-5,7-8,11-13,22,26H,6,9-10H2,1-3H3,(H,25,27,29)/t22-/m1/s1. The zero-order valence-corrected chi connectivity index (χ0v) is 17.0. The van der Waals surface area contributed by atoms with Crippen molar-refractivity contribution >= 4 is 17.5 Å². The van der Waals surface area contributed by atoms with Crippen LogP contribution in [0.5, 0.6) is 0 Å². The molecule has 1 aromatic heterocycles. The lowest BCUT2D eigenvalue weighted by molar-refractivity contribution is -0.116. The molecule has 2 aliphatic rings. The van der Waals surface area contributed by atoms with Crippen LogP contribution in [0, 0.1) is 13.8 Å². The number of nitrogens with one attached hydrogen (secondary N) is 2. The number of hydrogen-bond acceptors (Lipinski definition) is 4. The first-order chi connectivity index (χ1) is 14.0. The highest BCUT2D eigenvalue weighted by Gasteiger charge is 2.38. The van der Waals surface area contributed by atoms with E-state index >= 15 is 0 Å². The van der Waals surface area contributed by atoms with Gasteiger partial charge in [-0.3, -0.25) is 9.59 Å². The van der Waals surface area contributed by atoms with E-state index in [4.69, 9.17) is 0 Å². The first-order valence-corrected chi connectivity index (χ1v) is 9.99. The van der Waals surface area contributed by atoms with Crippen molar-refractivity contribution in [2.45, 2.75) is 46.0 Å². The molecule has 1 atom stereocenters. The van der Waals surface area contributed by atoms with E-state index in [-0.39, 0.29) is 17.6 Å². The fourth-order valence-electron chi connectivity index (χ4n) is 4.29. The van der Waals surface area contributed by atoms with Crippen molar-refractivity contribution < 1.29 is 9.59 Å². The number of aryl methyl sites for hydroxylation is 2. The molecule has 0 radical (unpaired) electrons. The molecule has 1 aliphatic heterocycles. The van der Waals surface area contributed by atoms with Gasteiger partial charge < -0.3 is 10.6 Å². The highest BCUT2D eigenvalue weighted by Crippen LogP contribution is 2.43. The van der Waals surface area contributed by atoms with Crippen LogP contribution in [0.2, 0.25) is 0 Å². The Balaban J connectivity index is 1.81. The second kappa shape index (κ2) is 7.66. The number of Topliss-reactive ketones (excluding diaryl/α,β-unsaturated/α-hetero) is 1. The number of carbonyl (C=O) groups is 2. The Morgan fingerprint density at radius 1 is 1.14 bits per heavy atom. The van der Waals surface area contributed by atoms with E-state index in [1.807, 2.05) is 57.2 Å². The van der Waals surface area contributed by atoms with Gasteiger partial charge in [0.15, 0.2) is 5.78 Å². The molecule has 1 amide bonds. The van der Waals surface area contributed by atoms with Gasteiger partial charge in [-0.15, -0.1) is 0 Å². The monoisotopic (exact) mass is 387 g/mol. The lowest BCUT2D eigenvalue weighted by Crippen LogP contribution is -2.35. The predicted octanol–water partition coefficient (Wildman–Crippen LogP) is 4.31. The summed E-state index contributed by atoms with van der Waals surface area (Å²) in [5, 5.41) is 6.28. The minimum Gasteiger partial charge on any atom is -0.362 e. The topological polar surface area (TPSA) is 71.1 Å². The number of nitrogens with zero attached hydrogens (tertiary/aromatic N) is 1. The van der Waals surface area contributed by atoms with Gasteiger partial charge >= 0.3 is 0 Å². The molecule has 0 bridgehead atoms. The van der Waals surface area contributed by atoms with E-state index < -0.39 is 0 Å². The number of allylic oxidation sites excluding steroid dienone is 3. The van der Waals surface area contributed by atoms with Gasteiger partial charge in [0, 0.05) is 41.1 Å². The van der Waals surface area contributed by atoms with Crippen molar-refractivity contribution in [1.29, 1.82) is 0 Å². The molecule has 2 N–H and O–H groups in total. The summed E-state index contributed by atoms with van der Waals surface area (Å²) in [6.07, 6.45) is 3.87. The summed E-state index contributed by atoms with van der Waals surface area (Å²) in [5.74, 6) is 0.0309. The number of rotatable bonds is 3. The third-order valence-corrected chi connectivity index (χ3v) is 5.68. The second-order valence-electron chi connectivity index (χ2n) is 7.79. The van der Waals surface area contributed by atoms with Crippen molar-refractivity contribution in [1.82, 2.24) is 10.3 Å². The van der Waals surface area contributed by atoms with Crippen LogP contribution >= 0.6 is 0 Å². The smallest absolute Gasteiger partial charge is 0.255 e. The van der Waals surface area contributed by atoms with Crippen molar-refractivity contribution in [2.24, 2.45) is 0 Å². The zero-order chi connectivity index (χ0) is 20.5. The number of ketones is 1. The Hall–Kier alpha value is -3.21. The normalized spacial score (nSPS) is 19.0. The molecule has 5 nitrogen and oxygen atoms in total. The average molecular weight is 387 g/mol. The molecular formula is C24H25N3O2. The minimum atomic E-state index is -0.370. The number of carbonyl (C=O) groups excluding carboxylic acids is 2. The number of amides is 1. The molecule has 2 heterocycles. The molecule has 0 fully saturated rings. The molecule has 1 aromatic carbocycles. The summed E-state index contributed by atoms with van der Waals surface area (Å²) in [5.41, 5.74) is 6.14. The molecule has 0 spiro atoms. The van der Waals surface area contributed by atoms with Gasteiger partial charge in [-0.1, -0.05) is 24.3 Å². The molecule has 0 saturated carbocycles.